The van der Waals surface area contributed by atoms with Crippen LogP contribution in [0.5, 0.6) is 0 Å². The van der Waals surface area contributed by atoms with Crippen LogP contribution >= 0.6 is 0 Å². The molecular weight excluding hydrogens is 194 g/mol. The fraction of sp³-hybridized carbons (Fsp3) is 0.636. The highest BCUT2D eigenvalue weighted by atomic mass is 16.5. The second kappa shape index (κ2) is 5.30. The zero-order valence-corrected chi connectivity index (χ0v) is 8.99. The Bertz CT molecular complexity index is 298. The third-order valence-corrected chi connectivity index (χ3v) is 2.61. The van der Waals surface area contributed by atoms with Crippen LogP contribution in [-0.4, -0.2) is 33.5 Å². The molecule has 84 valence electrons. The first-order valence-corrected chi connectivity index (χ1v) is 5.28. The lowest BCUT2D eigenvalue weighted by Gasteiger charge is -2.23. The maximum atomic E-state index is 5.51. The van der Waals surface area contributed by atoms with E-state index >= 15 is 0 Å². The van der Waals surface area contributed by atoms with Crippen molar-refractivity contribution in [1.29, 1.82) is 0 Å². The molecule has 1 atom stereocenters. The van der Waals surface area contributed by atoms with E-state index in [-0.39, 0.29) is 6.04 Å². The van der Waals surface area contributed by atoms with Crippen molar-refractivity contribution in [3.8, 4) is 0 Å². The lowest BCUT2D eigenvalue weighted by molar-refractivity contribution is 0.0573. The average Bonchev–Trinajstić information content (AvgIpc) is 2.73. The minimum Gasteiger partial charge on any atom is -0.469 e. The zero-order chi connectivity index (χ0) is 10.5. The molecule has 0 saturated heterocycles. The van der Waals surface area contributed by atoms with Crippen LogP contribution in [0.4, 0.5) is 0 Å². The Hall–Kier alpha value is -0.840. The first-order valence-electron chi connectivity index (χ1n) is 5.28. The number of hydrogen-bond acceptors (Lipinski definition) is 4. The minimum absolute atomic E-state index is 0.268. The standard InChI is InChI=1S/C11H17NO3/c1-13-6-7-14-8-10-9-3-5-15-11(9)2-4-12-10/h3,5,10,12H,2,4,6-8H2,1H3. The number of rotatable bonds is 5. The minimum atomic E-state index is 0.268. The van der Waals surface area contributed by atoms with Gasteiger partial charge in [-0.1, -0.05) is 0 Å². The first kappa shape index (κ1) is 10.7. The summed E-state index contributed by atoms with van der Waals surface area (Å²) in [4.78, 5) is 0. The maximum Gasteiger partial charge on any atom is 0.109 e. The van der Waals surface area contributed by atoms with E-state index in [1.54, 1.807) is 13.4 Å². The summed E-state index contributed by atoms with van der Waals surface area (Å²) in [6, 6.07) is 2.29. The van der Waals surface area contributed by atoms with Crippen molar-refractivity contribution in [2.75, 3.05) is 33.5 Å². The predicted molar refractivity (Wildman–Crippen MR) is 55.9 cm³/mol. The van der Waals surface area contributed by atoms with Gasteiger partial charge in [0.15, 0.2) is 0 Å². The molecule has 0 saturated carbocycles. The molecule has 4 nitrogen and oxygen atoms in total. The summed E-state index contributed by atoms with van der Waals surface area (Å²) < 4.78 is 15.8. The zero-order valence-electron chi connectivity index (χ0n) is 8.99. The van der Waals surface area contributed by atoms with Gasteiger partial charge in [0, 0.05) is 25.6 Å². The van der Waals surface area contributed by atoms with Gasteiger partial charge >= 0.3 is 0 Å². The molecule has 1 aliphatic rings. The van der Waals surface area contributed by atoms with E-state index in [0.29, 0.717) is 19.8 Å². The fourth-order valence-corrected chi connectivity index (χ4v) is 1.83. The highest BCUT2D eigenvalue weighted by molar-refractivity contribution is 5.24. The van der Waals surface area contributed by atoms with Crippen molar-refractivity contribution >= 4 is 0 Å². The van der Waals surface area contributed by atoms with E-state index in [2.05, 4.69) is 5.32 Å². The summed E-state index contributed by atoms with van der Waals surface area (Å²) in [5.41, 5.74) is 1.23. The number of nitrogens with one attached hydrogen (secondary N) is 1. The first-order chi connectivity index (χ1) is 7.42. The maximum absolute atomic E-state index is 5.51. The van der Waals surface area contributed by atoms with E-state index in [4.69, 9.17) is 13.9 Å². The van der Waals surface area contributed by atoms with Crippen molar-refractivity contribution in [1.82, 2.24) is 5.32 Å². The van der Waals surface area contributed by atoms with Gasteiger partial charge in [-0.15, -0.1) is 0 Å². The van der Waals surface area contributed by atoms with Crippen LogP contribution in [0.3, 0.4) is 0 Å². The summed E-state index contributed by atoms with van der Waals surface area (Å²) >= 11 is 0. The fourth-order valence-electron chi connectivity index (χ4n) is 1.83. The van der Waals surface area contributed by atoms with E-state index in [1.807, 2.05) is 6.07 Å². The van der Waals surface area contributed by atoms with Crippen LogP contribution in [0, 0.1) is 0 Å². The number of ether oxygens (including phenoxy) is 2. The molecule has 2 rings (SSSR count). The van der Waals surface area contributed by atoms with Crippen LogP contribution in [0.25, 0.3) is 0 Å². The van der Waals surface area contributed by atoms with Crippen LogP contribution in [0.2, 0.25) is 0 Å². The third-order valence-electron chi connectivity index (χ3n) is 2.61. The van der Waals surface area contributed by atoms with E-state index in [9.17, 15) is 0 Å². The van der Waals surface area contributed by atoms with Gasteiger partial charge in [-0.05, 0) is 6.07 Å². The van der Waals surface area contributed by atoms with Gasteiger partial charge in [0.2, 0.25) is 0 Å². The molecule has 0 spiro atoms. The Balaban J connectivity index is 1.84. The number of furan rings is 1. The number of hydrogen-bond donors (Lipinski definition) is 1. The largest absolute Gasteiger partial charge is 0.469 e. The Kier molecular flexibility index (Phi) is 3.77. The van der Waals surface area contributed by atoms with Gasteiger partial charge in [0.05, 0.1) is 32.1 Å². The Morgan fingerprint density at radius 3 is 3.33 bits per heavy atom. The Labute approximate surface area is 89.6 Å². The number of methoxy groups -OCH3 is 1. The molecule has 15 heavy (non-hydrogen) atoms. The van der Waals surface area contributed by atoms with Crippen molar-refractivity contribution in [3.63, 3.8) is 0 Å². The Morgan fingerprint density at radius 1 is 1.53 bits per heavy atom. The molecule has 2 heterocycles. The van der Waals surface area contributed by atoms with E-state index in [1.165, 1.54) is 5.56 Å². The molecule has 1 aromatic heterocycles. The van der Waals surface area contributed by atoms with Gasteiger partial charge in [-0.25, -0.2) is 0 Å². The lowest BCUT2D eigenvalue weighted by Crippen LogP contribution is -2.32. The Morgan fingerprint density at radius 2 is 2.47 bits per heavy atom. The lowest BCUT2D eigenvalue weighted by atomic mass is 10.0. The highest BCUT2D eigenvalue weighted by Crippen LogP contribution is 2.23. The van der Waals surface area contributed by atoms with Gasteiger partial charge < -0.3 is 19.2 Å². The highest BCUT2D eigenvalue weighted by Gasteiger charge is 2.21. The average molecular weight is 211 g/mol. The van der Waals surface area contributed by atoms with Crippen LogP contribution < -0.4 is 5.32 Å². The van der Waals surface area contributed by atoms with Gasteiger partial charge in [-0.3, -0.25) is 0 Å². The molecule has 0 bridgehead atoms. The molecule has 0 amide bonds. The second-order valence-corrected chi connectivity index (χ2v) is 3.62. The van der Waals surface area contributed by atoms with Gasteiger partial charge in [0.1, 0.15) is 5.76 Å². The molecular formula is C11H17NO3. The summed E-state index contributed by atoms with van der Waals surface area (Å²) in [5.74, 6) is 1.09. The smallest absolute Gasteiger partial charge is 0.109 e. The van der Waals surface area contributed by atoms with Crippen LogP contribution in [0.1, 0.15) is 17.4 Å². The topological polar surface area (TPSA) is 43.6 Å². The SMILES string of the molecule is COCCOCC1NCCc2occc21. The quantitative estimate of drug-likeness (QED) is 0.741. The van der Waals surface area contributed by atoms with E-state index < -0.39 is 0 Å². The molecule has 0 fully saturated rings. The number of fused-ring (bicyclic) bond motifs is 1. The van der Waals surface area contributed by atoms with Crippen molar-refractivity contribution in [3.05, 3.63) is 23.7 Å². The summed E-state index contributed by atoms with van der Waals surface area (Å²) in [5, 5.41) is 3.41. The molecule has 1 N–H and O–H groups in total. The summed E-state index contributed by atoms with van der Waals surface area (Å²) in [7, 11) is 1.68. The van der Waals surface area contributed by atoms with Crippen LogP contribution in [0.15, 0.2) is 16.7 Å². The molecule has 1 aliphatic heterocycles. The monoisotopic (exact) mass is 211 g/mol. The van der Waals surface area contributed by atoms with Crippen molar-refractivity contribution < 1.29 is 13.9 Å². The molecule has 4 heteroatoms. The van der Waals surface area contributed by atoms with Gasteiger partial charge in [-0.2, -0.15) is 0 Å². The molecule has 1 aromatic rings. The van der Waals surface area contributed by atoms with E-state index in [0.717, 1.165) is 18.7 Å². The molecule has 1 unspecified atom stereocenters. The third kappa shape index (κ3) is 2.59. The van der Waals surface area contributed by atoms with Crippen molar-refractivity contribution in [2.45, 2.75) is 12.5 Å². The summed E-state index contributed by atoms with van der Waals surface area (Å²) in [6.45, 7) is 2.92. The van der Waals surface area contributed by atoms with Gasteiger partial charge in [0.25, 0.3) is 0 Å². The normalized spacial score (nSPS) is 20.2. The molecule has 0 aliphatic carbocycles. The molecule has 0 radical (unpaired) electrons. The summed E-state index contributed by atoms with van der Waals surface area (Å²) in [6.07, 6.45) is 2.72. The predicted octanol–water partition coefficient (Wildman–Crippen LogP) is 1.13. The van der Waals surface area contributed by atoms with Crippen molar-refractivity contribution in [2.24, 2.45) is 0 Å². The second-order valence-electron chi connectivity index (χ2n) is 3.62. The van der Waals surface area contributed by atoms with Crippen LogP contribution in [-0.2, 0) is 15.9 Å². The molecule has 0 aromatic carbocycles.